The van der Waals surface area contributed by atoms with Gasteiger partial charge in [0.05, 0.1) is 6.42 Å². The van der Waals surface area contributed by atoms with Crippen LogP contribution in [0.3, 0.4) is 0 Å². The minimum absolute atomic E-state index is 0.0660. The van der Waals surface area contributed by atoms with Crippen LogP contribution in [0.4, 0.5) is 0 Å². The van der Waals surface area contributed by atoms with Gasteiger partial charge in [-0.1, -0.05) is 5.92 Å². The largest absolute Gasteiger partial charge is 0.358 e. The van der Waals surface area contributed by atoms with Gasteiger partial charge in [0.25, 0.3) is 0 Å². The van der Waals surface area contributed by atoms with Gasteiger partial charge in [-0.3, -0.25) is 4.79 Å². The van der Waals surface area contributed by atoms with Crippen molar-refractivity contribution < 1.29 is 4.79 Å². The fraction of sp³-hybridized carbons (Fsp3) is 0.400. The first kappa shape index (κ1) is 6.03. The van der Waals surface area contributed by atoms with Crippen LogP contribution in [0.1, 0.15) is 6.42 Å². The van der Waals surface area contributed by atoms with Gasteiger partial charge in [0.2, 0.25) is 5.91 Å². The Hall–Kier alpha value is -0.970. The van der Waals surface area contributed by atoms with Gasteiger partial charge >= 0.3 is 0 Å². The maximum Gasteiger partial charge on any atom is 0.231 e. The first-order chi connectivity index (χ1) is 3.31. The van der Waals surface area contributed by atoms with Crippen LogP contribution in [-0.2, 0) is 4.79 Å². The number of nitrogens with one attached hydrogen (secondary N) is 1. The fourth-order valence-electron chi connectivity index (χ4n) is 0.169. The Morgan fingerprint density at radius 3 is 2.71 bits per heavy atom. The molecule has 0 spiro atoms. The normalized spacial score (nSPS) is 6.86. The molecular formula is C5H6NO. The van der Waals surface area contributed by atoms with Gasteiger partial charge in [0.15, 0.2) is 0 Å². The molecule has 37 valence electrons. The van der Waals surface area contributed by atoms with Crippen molar-refractivity contribution in [3.63, 3.8) is 0 Å². The summed E-state index contributed by atoms with van der Waals surface area (Å²) in [4.78, 5) is 10.1. The van der Waals surface area contributed by atoms with E-state index >= 15 is 0 Å². The Labute approximate surface area is 42.9 Å². The zero-order chi connectivity index (χ0) is 5.70. The fourth-order valence-corrected chi connectivity index (χ4v) is 0.169. The van der Waals surface area contributed by atoms with Crippen LogP contribution in [0.5, 0.6) is 0 Å². The highest BCUT2D eigenvalue weighted by atomic mass is 16.1. The van der Waals surface area contributed by atoms with Gasteiger partial charge in [-0.25, -0.2) is 0 Å². The average molecular weight is 96.1 g/mol. The van der Waals surface area contributed by atoms with Crippen molar-refractivity contribution in [2.45, 2.75) is 6.42 Å². The van der Waals surface area contributed by atoms with Gasteiger partial charge in [0, 0.05) is 7.05 Å². The SMILES string of the molecule is [C]#CCC(=O)NC. The van der Waals surface area contributed by atoms with E-state index in [9.17, 15) is 4.79 Å². The van der Waals surface area contributed by atoms with Crippen LogP contribution >= 0.6 is 0 Å². The molecule has 0 aliphatic heterocycles. The third-order valence-electron chi connectivity index (χ3n) is 0.528. The first-order valence-corrected chi connectivity index (χ1v) is 1.91. The molecule has 0 saturated carbocycles. The van der Waals surface area contributed by atoms with Gasteiger partial charge in [-0.15, -0.1) is 0 Å². The van der Waals surface area contributed by atoms with E-state index in [0.29, 0.717) is 0 Å². The Morgan fingerprint density at radius 2 is 2.57 bits per heavy atom. The second kappa shape index (κ2) is 3.23. The van der Waals surface area contributed by atoms with E-state index < -0.39 is 0 Å². The zero-order valence-corrected chi connectivity index (χ0v) is 4.12. The van der Waals surface area contributed by atoms with E-state index in [4.69, 9.17) is 6.42 Å². The molecule has 0 rings (SSSR count). The molecule has 7 heavy (non-hydrogen) atoms. The molecule has 1 N–H and O–H groups in total. The summed E-state index contributed by atoms with van der Waals surface area (Å²) in [6.07, 6.45) is 6.39. The molecule has 1 amide bonds. The Kier molecular flexibility index (Phi) is 2.78. The average Bonchev–Trinajstić information content (AvgIpc) is 1.68. The van der Waals surface area contributed by atoms with E-state index in [1.165, 1.54) is 7.05 Å². The van der Waals surface area contributed by atoms with Crippen LogP contribution in [0.15, 0.2) is 0 Å². The highest BCUT2D eigenvalue weighted by Crippen LogP contribution is 1.69. The van der Waals surface area contributed by atoms with Crippen molar-refractivity contribution in [3.8, 4) is 5.92 Å². The minimum Gasteiger partial charge on any atom is -0.358 e. The number of hydrogen-bond acceptors (Lipinski definition) is 1. The minimum atomic E-state index is -0.171. The van der Waals surface area contributed by atoms with Crippen molar-refractivity contribution >= 4 is 5.91 Å². The first-order valence-electron chi connectivity index (χ1n) is 1.91. The van der Waals surface area contributed by atoms with Crippen molar-refractivity contribution in [2.75, 3.05) is 7.05 Å². The Bertz CT molecular complexity index is 101. The monoisotopic (exact) mass is 96.0 g/mol. The Morgan fingerprint density at radius 1 is 2.00 bits per heavy atom. The number of amides is 1. The molecule has 2 heteroatoms. The molecule has 0 aromatic rings. The second-order valence-electron chi connectivity index (χ2n) is 1.03. The number of carbonyl (C=O) groups is 1. The Balaban J connectivity index is 3.23. The molecule has 1 radical (unpaired) electrons. The maximum absolute atomic E-state index is 10.1. The highest BCUT2D eigenvalue weighted by Gasteiger charge is 1.88. The molecule has 0 fully saturated rings. The third-order valence-corrected chi connectivity index (χ3v) is 0.528. The topological polar surface area (TPSA) is 29.1 Å². The number of hydrogen-bond donors (Lipinski definition) is 1. The van der Waals surface area contributed by atoms with Crippen LogP contribution < -0.4 is 5.32 Å². The predicted molar refractivity (Wildman–Crippen MR) is 25.8 cm³/mol. The molecule has 0 atom stereocenters. The van der Waals surface area contributed by atoms with Gasteiger partial charge in [-0.05, 0) is 6.42 Å². The smallest absolute Gasteiger partial charge is 0.231 e. The van der Waals surface area contributed by atoms with Crippen LogP contribution in [0, 0.1) is 12.3 Å². The van der Waals surface area contributed by atoms with E-state index in [1.54, 1.807) is 0 Å². The molecule has 0 heterocycles. The lowest BCUT2D eigenvalue weighted by atomic mass is 10.4. The summed E-state index contributed by atoms with van der Waals surface area (Å²) in [6.45, 7) is 0. The molecular weight excluding hydrogens is 90.1 g/mol. The van der Waals surface area contributed by atoms with Crippen molar-refractivity contribution in [1.29, 1.82) is 0 Å². The maximum atomic E-state index is 10.1. The van der Waals surface area contributed by atoms with E-state index in [2.05, 4.69) is 5.32 Å². The molecule has 0 aliphatic carbocycles. The van der Waals surface area contributed by atoms with Crippen molar-refractivity contribution in [2.24, 2.45) is 0 Å². The van der Waals surface area contributed by atoms with Crippen LogP contribution in [0.25, 0.3) is 0 Å². The summed E-state index contributed by atoms with van der Waals surface area (Å²) < 4.78 is 0. The third kappa shape index (κ3) is 2.84. The summed E-state index contributed by atoms with van der Waals surface area (Å²) in [6, 6.07) is 0. The molecule has 0 aliphatic rings. The summed E-state index contributed by atoms with van der Waals surface area (Å²) in [7, 11) is 1.53. The number of rotatable bonds is 1. The molecule has 0 bridgehead atoms. The predicted octanol–water partition coefficient (Wildman–Crippen LogP) is -0.288. The van der Waals surface area contributed by atoms with E-state index in [1.807, 2.05) is 5.92 Å². The second-order valence-corrected chi connectivity index (χ2v) is 1.03. The summed E-state index contributed by atoms with van der Waals surface area (Å²) in [5.41, 5.74) is 0. The lowest BCUT2D eigenvalue weighted by Gasteiger charge is -1.86. The van der Waals surface area contributed by atoms with E-state index in [-0.39, 0.29) is 12.3 Å². The highest BCUT2D eigenvalue weighted by molar-refractivity contribution is 5.77. The van der Waals surface area contributed by atoms with Gasteiger partial charge in [0.1, 0.15) is 0 Å². The summed E-state index contributed by atoms with van der Waals surface area (Å²) >= 11 is 0. The molecule has 0 aromatic carbocycles. The molecule has 2 nitrogen and oxygen atoms in total. The zero-order valence-electron chi connectivity index (χ0n) is 4.12. The molecule has 0 unspecified atom stereocenters. The number of carbonyl (C=O) groups excluding carboxylic acids is 1. The van der Waals surface area contributed by atoms with Gasteiger partial charge in [-0.2, -0.15) is 0 Å². The summed E-state index contributed by atoms with van der Waals surface area (Å²) in [5, 5.41) is 2.34. The van der Waals surface area contributed by atoms with Crippen molar-refractivity contribution in [1.82, 2.24) is 5.32 Å². The lowest BCUT2D eigenvalue weighted by Crippen LogP contribution is -2.15. The lowest BCUT2D eigenvalue weighted by molar-refractivity contribution is -0.119. The van der Waals surface area contributed by atoms with Crippen LogP contribution in [-0.4, -0.2) is 13.0 Å². The van der Waals surface area contributed by atoms with Crippen LogP contribution in [0.2, 0.25) is 0 Å². The molecule has 0 saturated heterocycles. The summed E-state index contributed by atoms with van der Waals surface area (Å²) in [5.74, 6) is 1.79. The molecule has 0 aromatic heterocycles. The quantitative estimate of drug-likeness (QED) is 0.446. The van der Waals surface area contributed by atoms with Crippen molar-refractivity contribution in [3.05, 3.63) is 6.42 Å². The van der Waals surface area contributed by atoms with Gasteiger partial charge < -0.3 is 5.32 Å². The van der Waals surface area contributed by atoms with E-state index in [0.717, 1.165) is 0 Å². The standard InChI is InChI=1S/C5H6NO/c1-3-4-5(7)6-2/h4H2,2H3,(H,6,7).